The van der Waals surface area contributed by atoms with E-state index >= 15 is 0 Å². The number of rotatable bonds is 4. The first-order valence-electron chi connectivity index (χ1n) is 16.8. The van der Waals surface area contributed by atoms with Crippen molar-refractivity contribution in [3.05, 3.63) is 182 Å². The molecular formula is C48H30O. The molecule has 0 aliphatic heterocycles. The Kier molecular flexibility index (Phi) is 6.25. The predicted octanol–water partition coefficient (Wildman–Crippen LogP) is 13.7. The Bertz CT molecular complexity index is 2800. The summed E-state index contributed by atoms with van der Waals surface area (Å²) in [5.74, 6) is 0. The van der Waals surface area contributed by atoms with Crippen LogP contribution in [0.4, 0.5) is 0 Å². The molecule has 1 aromatic heterocycles. The highest BCUT2D eigenvalue weighted by atomic mass is 16.3. The van der Waals surface area contributed by atoms with E-state index in [1.54, 1.807) is 0 Å². The van der Waals surface area contributed by atoms with E-state index in [2.05, 4.69) is 170 Å². The Balaban J connectivity index is 1.26. The first-order chi connectivity index (χ1) is 24.3. The van der Waals surface area contributed by atoms with Gasteiger partial charge in [-0.1, -0.05) is 158 Å². The molecule has 0 saturated heterocycles. The topological polar surface area (TPSA) is 13.1 Å². The lowest BCUT2D eigenvalue weighted by atomic mass is 9.84. The van der Waals surface area contributed by atoms with Crippen LogP contribution in [0, 0.1) is 0 Å². The zero-order valence-corrected chi connectivity index (χ0v) is 26.7. The van der Waals surface area contributed by atoms with Crippen LogP contribution in [0.5, 0.6) is 0 Å². The number of hydrogen-bond donors (Lipinski definition) is 0. The van der Waals surface area contributed by atoms with Gasteiger partial charge < -0.3 is 4.42 Å². The molecule has 0 aliphatic rings. The number of fused-ring (bicyclic) bond motifs is 6. The van der Waals surface area contributed by atoms with E-state index in [1.165, 1.54) is 71.3 Å². The van der Waals surface area contributed by atoms with Gasteiger partial charge in [0, 0.05) is 10.8 Å². The summed E-state index contributed by atoms with van der Waals surface area (Å²) in [6.45, 7) is 0. The van der Waals surface area contributed by atoms with Crippen LogP contribution in [-0.2, 0) is 0 Å². The molecule has 228 valence electrons. The number of benzene rings is 9. The molecule has 0 atom stereocenters. The van der Waals surface area contributed by atoms with Gasteiger partial charge in [0.05, 0.1) is 0 Å². The number of furan rings is 1. The van der Waals surface area contributed by atoms with E-state index in [9.17, 15) is 0 Å². The van der Waals surface area contributed by atoms with Gasteiger partial charge in [0.25, 0.3) is 0 Å². The van der Waals surface area contributed by atoms with E-state index in [0.29, 0.717) is 0 Å². The van der Waals surface area contributed by atoms with Crippen LogP contribution in [0.1, 0.15) is 0 Å². The summed E-state index contributed by atoms with van der Waals surface area (Å²) in [6.07, 6.45) is 0. The van der Waals surface area contributed by atoms with Crippen molar-refractivity contribution in [1.82, 2.24) is 0 Å². The van der Waals surface area contributed by atoms with Crippen molar-refractivity contribution < 1.29 is 4.42 Å². The summed E-state index contributed by atoms with van der Waals surface area (Å²) in [5.41, 5.74) is 11.6. The van der Waals surface area contributed by atoms with Crippen LogP contribution in [0.2, 0.25) is 0 Å². The van der Waals surface area contributed by atoms with E-state index < -0.39 is 0 Å². The smallest absolute Gasteiger partial charge is 0.136 e. The third kappa shape index (κ3) is 4.40. The highest BCUT2D eigenvalue weighted by molar-refractivity contribution is 6.22. The average Bonchev–Trinajstić information content (AvgIpc) is 3.55. The number of para-hydroxylation sites is 1. The monoisotopic (exact) mass is 622 g/mol. The zero-order chi connectivity index (χ0) is 32.3. The van der Waals surface area contributed by atoms with Crippen molar-refractivity contribution in [2.24, 2.45) is 0 Å². The van der Waals surface area contributed by atoms with Gasteiger partial charge in [0.15, 0.2) is 0 Å². The fraction of sp³-hybridized carbons (Fsp3) is 0. The maximum absolute atomic E-state index is 6.36. The first kappa shape index (κ1) is 27.7. The lowest BCUT2D eigenvalue weighted by Gasteiger charge is -2.19. The average molecular weight is 623 g/mol. The SMILES string of the molecule is c1ccc(-c2ccc(-c3ccccc3)c3cc(-c4c5ccccc5c(-c5ccc6c(c5)oc5ccccc56)c5ccccc45)ccc23)cc1. The molecule has 0 amide bonds. The van der Waals surface area contributed by atoms with E-state index in [-0.39, 0.29) is 0 Å². The molecular weight excluding hydrogens is 593 g/mol. The highest BCUT2D eigenvalue weighted by Gasteiger charge is 2.19. The molecule has 0 fully saturated rings. The van der Waals surface area contributed by atoms with Crippen LogP contribution < -0.4 is 0 Å². The summed E-state index contributed by atoms with van der Waals surface area (Å²) in [5, 5.41) is 9.72. The Labute approximate surface area is 284 Å². The summed E-state index contributed by atoms with van der Waals surface area (Å²) >= 11 is 0. The maximum Gasteiger partial charge on any atom is 0.136 e. The van der Waals surface area contributed by atoms with Crippen molar-refractivity contribution in [3.8, 4) is 44.5 Å². The van der Waals surface area contributed by atoms with Crippen molar-refractivity contribution in [2.75, 3.05) is 0 Å². The van der Waals surface area contributed by atoms with Gasteiger partial charge in [0.1, 0.15) is 11.2 Å². The van der Waals surface area contributed by atoms with Gasteiger partial charge in [-0.2, -0.15) is 0 Å². The largest absolute Gasteiger partial charge is 0.456 e. The first-order valence-corrected chi connectivity index (χ1v) is 16.8. The minimum atomic E-state index is 0.910. The van der Waals surface area contributed by atoms with Crippen molar-refractivity contribution in [2.45, 2.75) is 0 Å². The van der Waals surface area contributed by atoms with E-state index in [1.807, 2.05) is 12.1 Å². The molecule has 1 nitrogen and oxygen atoms in total. The summed E-state index contributed by atoms with van der Waals surface area (Å²) < 4.78 is 6.36. The zero-order valence-electron chi connectivity index (χ0n) is 26.7. The molecule has 10 aromatic rings. The van der Waals surface area contributed by atoms with Gasteiger partial charge in [0.2, 0.25) is 0 Å². The second-order valence-electron chi connectivity index (χ2n) is 12.8. The van der Waals surface area contributed by atoms with Crippen LogP contribution >= 0.6 is 0 Å². The lowest BCUT2D eigenvalue weighted by molar-refractivity contribution is 0.669. The van der Waals surface area contributed by atoms with Gasteiger partial charge in [-0.25, -0.2) is 0 Å². The number of hydrogen-bond acceptors (Lipinski definition) is 1. The van der Waals surface area contributed by atoms with Crippen LogP contribution in [0.15, 0.2) is 186 Å². The predicted molar refractivity (Wildman–Crippen MR) is 208 cm³/mol. The fourth-order valence-corrected chi connectivity index (χ4v) is 7.87. The van der Waals surface area contributed by atoms with Crippen LogP contribution in [0.25, 0.3) is 98.8 Å². The quantitative estimate of drug-likeness (QED) is 0.178. The van der Waals surface area contributed by atoms with E-state index in [4.69, 9.17) is 4.42 Å². The maximum atomic E-state index is 6.36. The molecule has 10 rings (SSSR count). The second-order valence-corrected chi connectivity index (χ2v) is 12.8. The van der Waals surface area contributed by atoms with Gasteiger partial charge in [-0.3, -0.25) is 0 Å². The standard InChI is InChI=1S/C48H30O/c1-3-13-31(14-4-1)35-27-28-36(32-15-5-2-6-16-32)44-29-33(23-25-37(35)44)47-40-18-7-9-20-42(40)48(43-21-10-8-19-41(43)47)34-24-26-39-38-17-11-12-22-45(38)49-46(39)30-34/h1-30H. The molecule has 0 unspecified atom stereocenters. The molecule has 0 N–H and O–H groups in total. The second kappa shape index (κ2) is 11.1. The molecule has 0 radical (unpaired) electrons. The Morgan fingerprint density at radius 1 is 0.245 bits per heavy atom. The minimum absolute atomic E-state index is 0.910. The third-order valence-corrected chi connectivity index (χ3v) is 10.1. The normalized spacial score (nSPS) is 11.7. The fourth-order valence-electron chi connectivity index (χ4n) is 7.87. The Hall–Kier alpha value is -6.44. The summed E-state index contributed by atoms with van der Waals surface area (Å²) in [6, 6.07) is 65.8. The highest BCUT2D eigenvalue weighted by Crippen LogP contribution is 2.46. The lowest BCUT2D eigenvalue weighted by Crippen LogP contribution is -1.92. The minimum Gasteiger partial charge on any atom is -0.456 e. The van der Waals surface area contributed by atoms with Gasteiger partial charge in [-0.15, -0.1) is 0 Å². The third-order valence-electron chi connectivity index (χ3n) is 10.1. The van der Waals surface area contributed by atoms with Crippen molar-refractivity contribution >= 4 is 54.3 Å². The summed E-state index contributed by atoms with van der Waals surface area (Å²) in [4.78, 5) is 0. The molecule has 9 aromatic carbocycles. The molecule has 0 aliphatic carbocycles. The van der Waals surface area contributed by atoms with Crippen molar-refractivity contribution in [1.29, 1.82) is 0 Å². The van der Waals surface area contributed by atoms with E-state index in [0.717, 1.165) is 27.5 Å². The van der Waals surface area contributed by atoms with Gasteiger partial charge in [-0.05, 0) is 101 Å². The Morgan fingerprint density at radius 2 is 0.673 bits per heavy atom. The van der Waals surface area contributed by atoms with Gasteiger partial charge >= 0.3 is 0 Å². The molecule has 1 heterocycles. The summed E-state index contributed by atoms with van der Waals surface area (Å²) in [7, 11) is 0. The molecule has 0 bridgehead atoms. The van der Waals surface area contributed by atoms with Crippen LogP contribution in [-0.4, -0.2) is 0 Å². The molecule has 0 spiro atoms. The van der Waals surface area contributed by atoms with Crippen molar-refractivity contribution in [3.63, 3.8) is 0 Å². The molecule has 49 heavy (non-hydrogen) atoms. The Morgan fingerprint density at radius 3 is 1.24 bits per heavy atom. The molecule has 0 saturated carbocycles. The van der Waals surface area contributed by atoms with Crippen LogP contribution in [0.3, 0.4) is 0 Å². The molecule has 1 heteroatoms.